The van der Waals surface area contributed by atoms with Crippen LogP contribution in [0.1, 0.15) is 24.8 Å². The summed E-state index contributed by atoms with van der Waals surface area (Å²) in [5.41, 5.74) is 1.85. The Hall–Kier alpha value is -1.69. The molecule has 1 aliphatic rings. The second-order valence-electron chi connectivity index (χ2n) is 6.62. The monoisotopic (exact) mass is 365 g/mol. The van der Waals surface area contributed by atoms with Crippen molar-refractivity contribution in [3.8, 4) is 5.75 Å². The van der Waals surface area contributed by atoms with Crippen molar-refractivity contribution in [3.05, 3.63) is 24.0 Å². The highest BCUT2D eigenvalue weighted by Gasteiger charge is 2.24. The van der Waals surface area contributed by atoms with E-state index in [0.29, 0.717) is 12.3 Å². The second kappa shape index (κ2) is 7.28. The van der Waals surface area contributed by atoms with Gasteiger partial charge in [-0.25, -0.2) is 9.97 Å². The van der Waals surface area contributed by atoms with Crippen LogP contribution in [0.4, 0.5) is 5.82 Å². The number of hydrogen-bond acceptors (Lipinski definition) is 5. The summed E-state index contributed by atoms with van der Waals surface area (Å²) in [5.74, 6) is 2.03. The Balaban J connectivity index is 1.77. The predicted molar refractivity (Wildman–Crippen MR) is 97.3 cm³/mol. The lowest BCUT2D eigenvalue weighted by atomic mass is 9.94. The van der Waals surface area contributed by atoms with Gasteiger partial charge in [0.15, 0.2) is 0 Å². The second-order valence-corrected chi connectivity index (χ2v) is 8.39. The van der Waals surface area contributed by atoms with E-state index in [9.17, 15) is 4.57 Å². The number of ether oxygens (including phenoxy) is 1. The van der Waals surface area contributed by atoms with Gasteiger partial charge >= 0.3 is 7.60 Å². The zero-order chi connectivity index (χ0) is 18.0. The summed E-state index contributed by atoms with van der Waals surface area (Å²) in [5, 5.41) is 0.971. The van der Waals surface area contributed by atoms with E-state index < -0.39 is 7.60 Å². The number of aryl methyl sites for hydroxylation is 1. The van der Waals surface area contributed by atoms with Crippen LogP contribution in [-0.4, -0.2) is 46.1 Å². The molecule has 1 aromatic carbocycles. The fourth-order valence-electron chi connectivity index (χ4n) is 3.49. The molecule has 0 unspecified atom stereocenters. The summed E-state index contributed by atoms with van der Waals surface area (Å²) in [7, 11) is -2.25. The van der Waals surface area contributed by atoms with E-state index in [4.69, 9.17) is 14.5 Å². The molecule has 1 saturated heterocycles. The number of benzene rings is 1. The van der Waals surface area contributed by atoms with Gasteiger partial charge in [-0.1, -0.05) is 6.07 Å². The molecule has 0 saturated carbocycles. The van der Waals surface area contributed by atoms with Crippen molar-refractivity contribution in [2.24, 2.45) is 5.92 Å². The highest BCUT2D eigenvalue weighted by Crippen LogP contribution is 2.38. The van der Waals surface area contributed by atoms with Crippen LogP contribution in [0.15, 0.2) is 18.5 Å². The first kappa shape index (κ1) is 18.1. The minimum absolute atomic E-state index is 0.0232. The van der Waals surface area contributed by atoms with Gasteiger partial charge in [0.25, 0.3) is 0 Å². The van der Waals surface area contributed by atoms with Gasteiger partial charge in [0.2, 0.25) is 0 Å². The topological polar surface area (TPSA) is 95.8 Å². The van der Waals surface area contributed by atoms with Gasteiger partial charge in [0.1, 0.15) is 23.4 Å². The normalized spacial score (nSPS) is 16.4. The van der Waals surface area contributed by atoms with Crippen molar-refractivity contribution in [1.29, 1.82) is 0 Å². The summed E-state index contributed by atoms with van der Waals surface area (Å²) in [6.45, 7) is 3.65. The van der Waals surface area contributed by atoms with Crippen molar-refractivity contribution in [2.45, 2.75) is 26.2 Å². The number of piperidine rings is 1. The largest absolute Gasteiger partial charge is 0.494 e. The highest BCUT2D eigenvalue weighted by atomic mass is 31.2. The summed E-state index contributed by atoms with van der Waals surface area (Å²) in [6.07, 6.45) is 3.95. The van der Waals surface area contributed by atoms with Gasteiger partial charge in [-0.3, -0.25) is 4.57 Å². The Morgan fingerprint density at radius 3 is 2.64 bits per heavy atom. The predicted octanol–water partition coefficient (Wildman–Crippen LogP) is 2.73. The molecule has 0 amide bonds. The van der Waals surface area contributed by atoms with Crippen molar-refractivity contribution in [3.63, 3.8) is 0 Å². The maximum atomic E-state index is 11.0. The molecule has 8 heteroatoms. The van der Waals surface area contributed by atoms with Crippen LogP contribution in [0.25, 0.3) is 10.9 Å². The van der Waals surface area contributed by atoms with Crippen molar-refractivity contribution >= 4 is 24.3 Å². The van der Waals surface area contributed by atoms with Crippen LogP contribution < -0.4 is 9.64 Å². The Morgan fingerprint density at radius 2 is 2.00 bits per heavy atom. The fourth-order valence-corrected chi connectivity index (χ4v) is 4.19. The van der Waals surface area contributed by atoms with Gasteiger partial charge in [-0.15, -0.1) is 0 Å². The molecular formula is C17H24N3O4P. The standard InChI is InChI=1S/C17H24N3O4P/c1-12-3-4-14-15(16(12)24-2)18-11-19-17(14)20-8-5-13(6-9-20)7-10-25(21,22)23/h3-4,11,13H,5-10H2,1-2H3,(H2,21,22,23). The van der Waals surface area contributed by atoms with E-state index in [1.54, 1.807) is 13.4 Å². The van der Waals surface area contributed by atoms with Gasteiger partial charge < -0.3 is 19.4 Å². The van der Waals surface area contributed by atoms with E-state index in [2.05, 4.69) is 14.9 Å². The molecule has 0 aliphatic carbocycles. The third-order valence-electron chi connectivity index (χ3n) is 4.88. The third kappa shape index (κ3) is 4.11. The molecule has 3 rings (SSSR count). The smallest absolute Gasteiger partial charge is 0.325 e. The fraction of sp³-hybridized carbons (Fsp3) is 0.529. The zero-order valence-corrected chi connectivity index (χ0v) is 15.4. The van der Waals surface area contributed by atoms with Crippen molar-refractivity contribution in [2.75, 3.05) is 31.3 Å². The highest BCUT2D eigenvalue weighted by molar-refractivity contribution is 7.51. The van der Waals surface area contributed by atoms with Crippen molar-refractivity contribution < 1.29 is 19.1 Å². The van der Waals surface area contributed by atoms with Crippen LogP contribution >= 0.6 is 7.60 Å². The SMILES string of the molecule is COc1c(C)ccc2c(N3CCC(CCP(=O)(O)O)CC3)ncnc12. The van der Waals surface area contributed by atoms with E-state index >= 15 is 0 Å². The van der Waals surface area contributed by atoms with Gasteiger partial charge in [0, 0.05) is 18.5 Å². The van der Waals surface area contributed by atoms with Crippen LogP contribution in [-0.2, 0) is 4.57 Å². The van der Waals surface area contributed by atoms with Crippen LogP contribution in [0.5, 0.6) is 5.75 Å². The van der Waals surface area contributed by atoms with Gasteiger partial charge in [0.05, 0.1) is 13.3 Å². The minimum atomic E-state index is -3.90. The summed E-state index contributed by atoms with van der Waals surface area (Å²) >= 11 is 0. The number of nitrogens with zero attached hydrogens (tertiary/aromatic N) is 3. The quantitative estimate of drug-likeness (QED) is 0.787. The van der Waals surface area contributed by atoms with Crippen molar-refractivity contribution in [1.82, 2.24) is 9.97 Å². The van der Waals surface area contributed by atoms with Gasteiger partial charge in [-0.2, -0.15) is 0 Å². The van der Waals surface area contributed by atoms with E-state index in [0.717, 1.165) is 54.0 Å². The first-order valence-electron chi connectivity index (χ1n) is 8.47. The average molecular weight is 365 g/mol. The molecule has 0 bridgehead atoms. The van der Waals surface area contributed by atoms with Gasteiger partial charge in [-0.05, 0) is 43.7 Å². The molecule has 1 fully saturated rings. The molecule has 136 valence electrons. The maximum Gasteiger partial charge on any atom is 0.325 e. The molecule has 25 heavy (non-hydrogen) atoms. The Kier molecular flexibility index (Phi) is 5.27. The van der Waals surface area contributed by atoms with E-state index in [1.165, 1.54) is 0 Å². The third-order valence-corrected chi connectivity index (χ3v) is 5.72. The minimum Gasteiger partial charge on any atom is -0.494 e. The molecule has 0 spiro atoms. The lowest BCUT2D eigenvalue weighted by Gasteiger charge is -2.33. The number of anilines is 1. The molecule has 1 aliphatic heterocycles. The first-order valence-corrected chi connectivity index (χ1v) is 10.3. The molecule has 2 N–H and O–H groups in total. The molecular weight excluding hydrogens is 341 g/mol. The lowest BCUT2D eigenvalue weighted by Crippen LogP contribution is -2.34. The molecule has 1 aromatic heterocycles. The van der Waals surface area contributed by atoms with Crippen LogP contribution in [0, 0.1) is 12.8 Å². The molecule has 0 radical (unpaired) electrons. The van der Waals surface area contributed by atoms with Crippen LogP contribution in [0.2, 0.25) is 0 Å². The Bertz CT molecular complexity index is 800. The number of rotatable bonds is 5. The number of methoxy groups -OCH3 is 1. The number of aromatic nitrogens is 2. The van der Waals surface area contributed by atoms with E-state index in [1.807, 2.05) is 19.1 Å². The number of fused-ring (bicyclic) bond motifs is 1. The average Bonchev–Trinajstić information content (AvgIpc) is 2.59. The lowest BCUT2D eigenvalue weighted by molar-refractivity contribution is 0.350. The number of hydrogen-bond donors (Lipinski definition) is 2. The first-order chi connectivity index (χ1) is 11.9. The summed E-state index contributed by atoms with van der Waals surface area (Å²) < 4.78 is 16.5. The van der Waals surface area contributed by atoms with E-state index in [-0.39, 0.29) is 6.16 Å². The molecule has 2 aromatic rings. The Morgan fingerprint density at radius 1 is 1.28 bits per heavy atom. The summed E-state index contributed by atoms with van der Waals surface area (Å²) in [6, 6.07) is 4.04. The zero-order valence-electron chi connectivity index (χ0n) is 14.6. The van der Waals surface area contributed by atoms with Crippen LogP contribution in [0.3, 0.4) is 0 Å². The molecule has 0 atom stereocenters. The Labute approximate surface area is 147 Å². The maximum absolute atomic E-state index is 11.0. The molecule has 7 nitrogen and oxygen atoms in total. The summed E-state index contributed by atoms with van der Waals surface area (Å²) in [4.78, 5) is 29.2. The molecule has 2 heterocycles.